The number of primary amides is 1. The number of likely N-dealkylation sites (N-methyl/N-ethyl adjacent to an activating group) is 1. The van der Waals surface area contributed by atoms with E-state index in [1.165, 1.54) is 0 Å². The van der Waals surface area contributed by atoms with Crippen molar-refractivity contribution in [1.29, 1.82) is 0 Å². The van der Waals surface area contributed by atoms with E-state index in [9.17, 15) is 4.79 Å². The predicted molar refractivity (Wildman–Crippen MR) is 82.4 cm³/mol. The van der Waals surface area contributed by atoms with E-state index in [4.69, 9.17) is 5.73 Å². The molecular formula is C14H21BrN4O. The second-order valence-electron chi connectivity index (χ2n) is 5.29. The van der Waals surface area contributed by atoms with Crippen molar-refractivity contribution in [3.8, 4) is 0 Å². The van der Waals surface area contributed by atoms with Gasteiger partial charge in [-0.1, -0.05) is 15.9 Å². The molecule has 0 aromatic carbocycles. The van der Waals surface area contributed by atoms with Crippen LogP contribution < -0.4 is 5.73 Å². The van der Waals surface area contributed by atoms with Gasteiger partial charge >= 0.3 is 0 Å². The van der Waals surface area contributed by atoms with Crippen LogP contribution in [0.1, 0.15) is 18.0 Å². The predicted octanol–water partition coefficient (Wildman–Crippen LogP) is 1.05. The Labute approximate surface area is 128 Å². The van der Waals surface area contributed by atoms with Gasteiger partial charge in [0.2, 0.25) is 5.91 Å². The zero-order valence-electron chi connectivity index (χ0n) is 11.8. The molecule has 1 unspecified atom stereocenters. The lowest BCUT2D eigenvalue weighted by Gasteiger charge is -2.32. The fourth-order valence-electron chi connectivity index (χ4n) is 2.43. The maximum Gasteiger partial charge on any atom is 0.226 e. The minimum Gasteiger partial charge on any atom is -0.369 e. The summed E-state index contributed by atoms with van der Waals surface area (Å²) in [6.45, 7) is 5.14. The molecule has 2 N–H and O–H groups in total. The van der Waals surface area contributed by atoms with E-state index in [0.717, 1.165) is 49.3 Å². The standard InChI is InChI=1S/C14H21BrN4O/c1-18-6-8-19(9-7-18)5-3-12(14(16)20)13-10-11(15)2-4-17-13/h2,4,10,12H,3,5-9H2,1H3,(H2,16,20). The van der Waals surface area contributed by atoms with E-state index in [0.29, 0.717) is 0 Å². The first-order chi connectivity index (χ1) is 9.56. The first kappa shape index (κ1) is 15.4. The maximum absolute atomic E-state index is 11.7. The number of hydrogen-bond donors (Lipinski definition) is 1. The number of rotatable bonds is 5. The van der Waals surface area contributed by atoms with Crippen LogP contribution in [-0.4, -0.2) is 60.5 Å². The third-order valence-electron chi connectivity index (χ3n) is 3.77. The lowest BCUT2D eigenvalue weighted by atomic mass is 9.99. The van der Waals surface area contributed by atoms with Crippen molar-refractivity contribution >= 4 is 21.8 Å². The van der Waals surface area contributed by atoms with Gasteiger partial charge in [0.1, 0.15) is 0 Å². The van der Waals surface area contributed by atoms with E-state index >= 15 is 0 Å². The molecule has 0 saturated carbocycles. The number of aromatic nitrogens is 1. The number of hydrogen-bond acceptors (Lipinski definition) is 4. The maximum atomic E-state index is 11.7. The highest BCUT2D eigenvalue weighted by Gasteiger charge is 2.22. The van der Waals surface area contributed by atoms with Crippen molar-refractivity contribution in [2.45, 2.75) is 12.3 Å². The first-order valence-corrected chi connectivity index (χ1v) is 7.67. The van der Waals surface area contributed by atoms with Crippen LogP contribution in [0.4, 0.5) is 0 Å². The van der Waals surface area contributed by atoms with Crippen molar-refractivity contribution in [3.05, 3.63) is 28.5 Å². The van der Waals surface area contributed by atoms with Crippen LogP contribution in [0.3, 0.4) is 0 Å². The van der Waals surface area contributed by atoms with Crippen LogP contribution in [0.15, 0.2) is 22.8 Å². The van der Waals surface area contributed by atoms with E-state index in [1.54, 1.807) is 6.20 Å². The SMILES string of the molecule is CN1CCN(CCC(C(N)=O)c2cc(Br)ccn2)CC1. The molecule has 1 atom stereocenters. The van der Waals surface area contributed by atoms with Gasteiger partial charge in [-0.15, -0.1) is 0 Å². The quantitative estimate of drug-likeness (QED) is 0.870. The fourth-order valence-corrected chi connectivity index (χ4v) is 2.78. The van der Waals surface area contributed by atoms with E-state index in [-0.39, 0.29) is 11.8 Å². The summed E-state index contributed by atoms with van der Waals surface area (Å²) < 4.78 is 0.924. The summed E-state index contributed by atoms with van der Waals surface area (Å²) in [5.41, 5.74) is 6.29. The fraction of sp³-hybridized carbons (Fsp3) is 0.571. The third-order valence-corrected chi connectivity index (χ3v) is 4.27. The third kappa shape index (κ3) is 4.26. The average molecular weight is 341 g/mol. The molecule has 0 spiro atoms. The topological polar surface area (TPSA) is 62.5 Å². The molecular weight excluding hydrogens is 320 g/mol. The number of amides is 1. The Kier molecular flexibility index (Phi) is 5.51. The molecule has 5 nitrogen and oxygen atoms in total. The van der Waals surface area contributed by atoms with E-state index < -0.39 is 0 Å². The molecule has 1 amide bonds. The monoisotopic (exact) mass is 340 g/mol. The molecule has 1 aliphatic rings. The molecule has 1 saturated heterocycles. The number of carbonyl (C=O) groups is 1. The van der Waals surface area contributed by atoms with Gasteiger partial charge in [-0.3, -0.25) is 9.78 Å². The van der Waals surface area contributed by atoms with Crippen LogP contribution in [0, 0.1) is 0 Å². The summed E-state index contributed by atoms with van der Waals surface area (Å²) >= 11 is 3.41. The number of halogens is 1. The number of nitrogens with zero attached hydrogens (tertiary/aromatic N) is 3. The van der Waals surface area contributed by atoms with Gasteiger partial charge in [-0.25, -0.2) is 0 Å². The first-order valence-electron chi connectivity index (χ1n) is 6.88. The van der Waals surface area contributed by atoms with Gasteiger partial charge in [0.15, 0.2) is 0 Å². The zero-order valence-corrected chi connectivity index (χ0v) is 13.3. The lowest BCUT2D eigenvalue weighted by Crippen LogP contribution is -2.45. The number of nitrogens with two attached hydrogens (primary N) is 1. The summed E-state index contributed by atoms with van der Waals surface area (Å²) in [5.74, 6) is -0.614. The highest BCUT2D eigenvalue weighted by Crippen LogP contribution is 2.21. The molecule has 1 aliphatic heterocycles. The molecule has 0 aliphatic carbocycles. The highest BCUT2D eigenvalue weighted by molar-refractivity contribution is 9.10. The van der Waals surface area contributed by atoms with Crippen LogP contribution in [0.25, 0.3) is 0 Å². The normalized spacial score (nSPS) is 18.9. The smallest absolute Gasteiger partial charge is 0.226 e. The van der Waals surface area contributed by atoms with Gasteiger partial charge in [-0.2, -0.15) is 0 Å². The van der Waals surface area contributed by atoms with Crippen LogP contribution in [0.5, 0.6) is 0 Å². The van der Waals surface area contributed by atoms with Crippen molar-refractivity contribution < 1.29 is 4.79 Å². The zero-order chi connectivity index (χ0) is 14.5. The summed E-state index contributed by atoms with van der Waals surface area (Å²) in [6, 6.07) is 3.72. The highest BCUT2D eigenvalue weighted by atomic mass is 79.9. The van der Waals surface area contributed by atoms with Gasteiger partial charge in [-0.05, 0) is 32.1 Å². The molecule has 1 aromatic heterocycles. The van der Waals surface area contributed by atoms with E-state index in [1.807, 2.05) is 12.1 Å². The Balaban J connectivity index is 1.95. The summed E-state index contributed by atoms with van der Waals surface area (Å²) in [4.78, 5) is 20.7. The van der Waals surface area contributed by atoms with Crippen LogP contribution >= 0.6 is 15.9 Å². The Morgan fingerprint density at radius 2 is 2.15 bits per heavy atom. The van der Waals surface area contributed by atoms with Crippen molar-refractivity contribution in [1.82, 2.24) is 14.8 Å². The Morgan fingerprint density at radius 1 is 1.45 bits per heavy atom. The van der Waals surface area contributed by atoms with Gasteiger partial charge in [0.25, 0.3) is 0 Å². The molecule has 0 bridgehead atoms. The molecule has 0 radical (unpaired) electrons. The van der Waals surface area contributed by atoms with Crippen molar-refractivity contribution in [2.75, 3.05) is 39.8 Å². The molecule has 2 rings (SSSR count). The Bertz CT molecular complexity index is 460. The Morgan fingerprint density at radius 3 is 2.75 bits per heavy atom. The molecule has 6 heteroatoms. The average Bonchev–Trinajstić information content (AvgIpc) is 2.41. The molecule has 1 aromatic rings. The number of piperazine rings is 1. The Hall–Kier alpha value is -0.980. The largest absolute Gasteiger partial charge is 0.369 e. The van der Waals surface area contributed by atoms with Crippen molar-refractivity contribution in [3.63, 3.8) is 0 Å². The minimum absolute atomic E-state index is 0.301. The summed E-state index contributed by atoms with van der Waals surface area (Å²) in [7, 11) is 2.13. The molecule has 110 valence electrons. The van der Waals surface area contributed by atoms with Crippen LogP contribution in [0.2, 0.25) is 0 Å². The molecule has 20 heavy (non-hydrogen) atoms. The number of pyridine rings is 1. The van der Waals surface area contributed by atoms with Gasteiger partial charge in [0.05, 0.1) is 11.6 Å². The lowest BCUT2D eigenvalue weighted by molar-refractivity contribution is -0.119. The minimum atomic E-state index is -0.313. The summed E-state index contributed by atoms with van der Waals surface area (Å²) in [6.07, 6.45) is 2.42. The summed E-state index contributed by atoms with van der Waals surface area (Å²) in [5, 5.41) is 0. The molecule has 1 fully saturated rings. The van der Waals surface area contributed by atoms with Gasteiger partial charge in [0, 0.05) is 36.8 Å². The van der Waals surface area contributed by atoms with E-state index in [2.05, 4.69) is 37.8 Å². The van der Waals surface area contributed by atoms with Crippen molar-refractivity contribution in [2.24, 2.45) is 5.73 Å². The second kappa shape index (κ2) is 7.15. The second-order valence-corrected chi connectivity index (χ2v) is 6.20. The molecule has 2 heterocycles. The number of carbonyl (C=O) groups excluding carboxylic acids is 1. The van der Waals surface area contributed by atoms with Gasteiger partial charge < -0.3 is 15.5 Å². The van der Waals surface area contributed by atoms with Crippen LogP contribution in [-0.2, 0) is 4.79 Å².